The Balaban J connectivity index is 1.53. The van der Waals surface area contributed by atoms with Crippen LogP contribution in [0.1, 0.15) is 40.0 Å². The lowest BCUT2D eigenvalue weighted by molar-refractivity contribution is -0.168. The van der Waals surface area contributed by atoms with E-state index in [1.54, 1.807) is 7.11 Å². The Labute approximate surface area is 142 Å². The lowest BCUT2D eigenvalue weighted by Crippen LogP contribution is -2.48. The topological polar surface area (TPSA) is 83.8 Å². The fourth-order valence-corrected chi connectivity index (χ4v) is 5.62. The highest BCUT2D eigenvalue weighted by Crippen LogP contribution is 2.57. The SMILES string of the molecule is CCCC1(C(=O)OC2C3CC(C2OC)C2C(=O)OCC32)NC1(C)C. The highest BCUT2D eigenvalue weighted by atomic mass is 16.6. The number of methoxy groups -OCH3 is 1. The number of ether oxygens (including phenoxy) is 3. The molecule has 6 nitrogen and oxygen atoms in total. The van der Waals surface area contributed by atoms with Crippen LogP contribution in [-0.4, -0.2) is 48.9 Å². The maximum absolute atomic E-state index is 12.9. The second kappa shape index (κ2) is 5.18. The van der Waals surface area contributed by atoms with Crippen molar-refractivity contribution in [1.29, 1.82) is 0 Å². The number of hydrogen-bond acceptors (Lipinski definition) is 6. The summed E-state index contributed by atoms with van der Waals surface area (Å²) >= 11 is 0. The summed E-state index contributed by atoms with van der Waals surface area (Å²) in [6.45, 7) is 6.61. The van der Waals surface area contributed by atoms with E-state index >= 15 is 0 Å². The van der Waals surface area contributed by atoms with Gasteiger partial charge in [0.1, 0.15) is 11.6 Å². The molecule has 0 spiro atoms. The van der Waals surface area contributed by atoms with Crippen LogP contribution < -0.4 is 5.32 Å². The van der Waals surface area contributed by atoms with Gasteiger partial charge in [-0.1, -0.05) is 13.3 Å². The molecule has 24 heavy (non-hydrogen) atoms. The van der Waals surface area contributed by atoms with Crippen molar-refractivity contribution < 1.29 is 23.8 Å². The van der Waals surface area contributed by atoms with E-state index in [9.17, 15) is 9.59 Å². The molecule has 2 bridgehead atoms. The molecule has 2 saturated heterocycles. The van der Waals surface area contributed by atoms with E-state index in [0.717, 1.165) is 19.3 Å². The zero-order valence-corrected chi connectivity index (χ0v) is 14.8. The molecule has 4 aliphatic rings. The van der Waals surface area contributed by atoms with Crippen LogP contribution >= 0.6 is 0 Å². The number of rotatable bonds is 5. The molecular formula is C18H27NO5. The van der Waals surface area contributed by atoms with Gasteiger partial charge in [0.25, 0.3) is 0 Å². The second-order valence-corrected chi connectivity index (χ2v) is 8.36. The van der Waals surface area contributed by atoms with Crippen molar-refractivity contribution in [1.82, 2.24) is 5.32 Å². The molecule has 7 atom stereocenters. The Morgan fingerprint density at radius 3 is 2.58 bits per heavy atom. The van der Waals surface area contributed by atoms with E-state index in [1.165, 1.54) is 0 Å². The normalized spacial score (nSPS) is 47.4. The second-order valence-electron chi connectivity index (χ2n) is 8.36. The quantitative estimate of drug-likeness (QED) is 0.601. The number of nitrogens with one attached hydrogen (secondary N) is 1. The summed E-state index contributed by atoms with van der Waals surface area (Å²) in [5.74, 6) is 0.104. The zero-order valence-electron chi connectivity index (χ0n) is 14.8. The molecule has 0 amide bonds. The van der Waals surface area contributed by atoms with Gasteiger partial charge < -0.3 is 14.2 Å². The molecule has 1 N–H and O–H groups in total. The van der Waals surface area contributed by atoms with E-state index in [2.05, 4.69) is 12.2 Å². The molecule has 0 aromatic carbocycles. The van der Waals surface area contributed by atoms with Crippen molar-refractivity contribution in [3.05, 3.63) is 0 Å². The van der Waals surface area contributed by atoms with Gasteiger partial charge in [-0.2, -0.15) is 0 Å². The molecule has 134 valence electrons. The minimum atomic E-state index is -0.580. The Morgan fingerprint density at radius 2 is 2.00 bits per heavy atom. The van der Waals surface area contributed by atoms with Crippen LogP contribution in [0.15, 0.2) is 0 Å². The first-order valence-electron chi connectivity index (χ1n) is 9.06. The number of fused-ring (bicyclic) bond motifs is 5. The first kappa shape index (κ1) is 16.3. The van der Waals surface area contributed by atoms with E-state index in [-0.39, 0.29) is 53.4 Å². The standard InChI is InChI=1S/C18H27NO5/c1-5-6-18(17(2,3)19-18)16(21)24-14-9-7-10(13(14)22-4)12-11(9)8-23-15(12)20/h9-14,19H,5-8H2,1-4H3. The van der Waals surface area contributed by atoms with Crippen LogP contribution in [0.3, 0.4) is 0 Å². The Kier molecular flexibility index (Phi) is 3.52. The third kappa shape index (κ3) is 1.96. The molecule has 0 aromatic rings. The van der Waals surface area contributed by atoms with E-state index < -0.39 is 5.54 Å². The van der Waals surface area contributed by atoms with Crippen LogP contribution in [0.25, 0.3) is 0 Å². The van der Waals surface area contributed by atoms with Crippen molar-refractivity contribution in [2.75, 3.05) is 13.7 Å². The molecule has 6 heteroatoms. The maximum atomic E-state index is 12.9. The summed E-state index contributed by atoms with van der Waals surface area (Å²) in [6, 6.07) is 0. The lowest BCUT2D eigenvalue weighted by atomic mass is 9.78. The number of esters is 2. The first-order valence-corrected chi connectivity index (χ1v) is 9.06. The van der Waals surface area contributed by atoms with Gasteiger partial charge in [-0.05, 0) is 26.7 Å². The predicted octanol–water partition coefficient (Wildman–Crippen LogP) is 1.27. The molecule has 4 fully saturated rings. The molecule has 2 aliphatic carbocycles. The summed E-state index contributed by atoms with van der Waals surface area (Å²) in [6.07, 6.45) is 2.11. The summed E-state index contributed by atoms with van der Waals surface area (Å²) in [7, 11) is 1.64. The summed E-state index contributed by atoms with van der Waals surface area (Å²) in [4.78, 5) is 24.9. The molecule has 2 aliphatic heterocycles. The largest absolute Gasteiger partial charge is 0.465 e. The predicted molar refractivity (Wildman–Crippen MR) is 85.1 cm³/mol. The van der Waals surface area contributed by atoms with Gasteiger partial charge in [0, 0.05) is 30.4 Å². The van der Waals surface area contributed by atoms with Gasteiger partial charge in [0.15, 0.2) is 0 Å². The van der Waals surface area contributed by atoms with E-state index in [4.69, 9.17) is 14.2 Å². The van der Waals surface area contributed by atoms with Gasteiger partial charge in [-0.3, -0.25) is 10.1 Å². The van der Waals surface area contributed by atoms with Crippen molar-refractivity contribution in [3.8, 4) is 0 Å². The maximum Gasteiger partial charge on any atom is 0.328 e. The fraction of sp³-hybridized carbons (Fsp3) is 0.889. The molecule has 7 unspecified atom stereocenters. The zero-order chi connectivity index (χ0) is 17.3. The van der Waals surface area contributed by atoms with Crippen molar-refractivity contribution in [2.24, 2.45) is 23.7 Å². The van der Waals surface area contributed by atoms with Gasteiger partial charge in [0.2, 0.25) is 0 Å². The third-order valence-electron chi connectivity index (χ3n) is 6.89. The molecular weight excluding hydrogens is 310 g/mol. The van der Waals surface area contributed by atoms with Crippen LogP contribution in [0, 0.1) is 23.7 Å². The average Bonchev–Trinajstić information content (AvgIpc) is 2.93. The van der Waals surface area contributed by atoms with E-state index in [1.807, 2.05) is 13.8 Å². The van der Waals surface area contributed by atoms with Crippen molar-refractivity contribution >= 4 is 11.9 Å². The average molecular weight is 337 g/mol. The van der Waals surface area contributed by atoms with Crippen LogP contribution in [-0.2, 0) is 23.8 Å². The van der Waals surface area contributed by atoms with Gasteiger partial charge in [-0.15, -0.1) is 0 Å². The van der Waals surface area contributed by atoms with Crippen LogP contribution in [0.2, 0.25) is 0 Å². The Morgan fingerprint density at radius 1 is 1.29 bits per heavy atom. The number of cyclic esters (lactones) is 1. The molecule has 0 aromatic heterocycles. The molecule has 2 heterocycles. The number of carbonyl (C=O) groups excluding carboxylic acids is 2. The smallest absolute Gasteiger partial charge is 0.328 e. The monoisotopic (exact) mass is 337 g/mol. The molecule has 2 saturated carbocycles. The minimum absolute atomic E-state index is 0.0741. The highest BCUT2D eigenvalue weighted by molar-refractivity contribution is 5.87. The third-order valence-corrected chi connectivity index (χ3v) is 6.89. The summed E-state index contributed by atoms with van der Waals surface area (Å²) in [5.41, 5.74) is -0.807. The minimum Gasteiger partial charge on any atom is -0.465 e. The van der Waals surface area contributed by atoms with Gasteiger partial charge in [-0.25, -0.2) is 4.79 Å². The van der Waals surface area contributed by atoms with Crippen LogP contribution in [0.4, 0.5) is 0 Å². The van der Waals surface area contributed by atoms with Crippen molar-refractivity contribution in [2.45, 2.75) is 63.3 Å². The number of hydrogen-bond donors (Lipinski definition) is 1. The number of carbonyl (C=O) groups is 2. The fourth-order valence-electron chi connectivity index (χ4n) is 5.62. The summed E-state index contributed by atoms with van der Waals surface area (Å²) < 4.78 is 16.9. The first-order chi connectivity index (χ1) is 11.4. The Hall–Kier alpha value is -1.14. The lowest BCUT2D eigenvalue weighted by Gasteiger charge is -2.35. The van der Waals surface area contributed by atoms with Crippen molar-refractivity contribution in [3.63, 3.8) is 0 Å². The van der Waals surface area contributed by atoms with E-state index in [0.29, 0.717) is 6.61 Å². The molecule has 4 rings (SSSR count). The van der Waals surface area contributed by atoms with Gasteiger partial charge >= 0.3 is 11.9 Å². The Bertz CT molecular complexity index is 576. The van der Waals surface area contributed by atoms with Gasteiger partial charge in [0.05, 0.1) is 18.6 Å². The highest BCUT2D eigenvalue weighted by Gasteiger charge is 2.69. The summed E-state index contributed by atoms with van der Waals surface area (Å²) in [5, 5.41) is 3.33. The molecule has 0 radical (unpaired) electrons. The van der Waals surface area contributed by atoms with Crippen LogP contribution in [0.5, 0.6) is 0 Å².